The molecule has 7 nitrogen and oxygen atoms in total. The number of Topliss-reactive ketones (excluding diaryl/α,β-unsaturated/α-hetero) is 1. The third-order valence-corrected chi connectivity index (χ3v) is 4.60. The third-order valence-electron chi connectivity index (χ3n) is 3.69. The van der Waals surface area contributed by atoms with Crippen LogP contribution in [0.5, 0.6) is 5.75 Å². The van der Waals surface area contributed by atoms with Crippen LogP contribution in [0.15, 0.2) is 58.4 Å². The minimum Gasteiger partial charge on any atom is -0.481 e. The first-order valence-electron chi connectivity index (χ1n) is 8.26. The van der Waals surface area contributed by atoms with Crippen molar-refractivity contribution >= 4 is 46.4 Å². The first kappa shape index (κ1) is 19.4. The highest BCUT2D eigenvalue weighted by molar-refractivity contribution is 8.18. The lowest BCUT2D eigenvalue weighted by molar-refractivity contribution is -0.139. The van der Waals surface area contributed by atoms with Crippen LogP contribution in [0.2, 0.25) is 0 Å². The summed E-state index contributed by atoms with van der Waals surface area (Å²) in [5, 5.41) is 11.8. The van der Waals surface area contributed by atoms with Crippen molar-refractivity contribution < 1.29 is 24.2 Å². The number of aliphatic imine (C=N–C) groups is 1. The number of ether oxygens (including phenoxy) is 1. The van der Waals surface area contributed by atoms with Crippen LogP contribution in [-0.4, -0.2) is 34.5 Å². The molecule has 1 amide bonds. The zero-order valence-electron chi connectivity index (χ0n) is 14.8. The zero-order chi connectivity index (χ0) is 20.1. The highest BCUT2D eigenvalue weighted by Crippen LogP contribution is 2.30. The van der Waals surface area contributed by atoms with Gasteiger partial charge in [-0.2, -0.15) is 0 Å². The maximum Gasteiger partial charge on any atom is 0.341 e. The molecular weight excluding hydrogens is 380 g/mol. The normalized spacial score (nSPS) is 16.2. The number of carbonyl (C=O) groups is 3. The van der Waals surface area contributed by atoms with E-state index < -0.39 is 12.6 Å². The molecule has 2 aromatic carbocycles. The molecule has 0 bridgehead atoms. The number of ketones is 1. The van der Waals surface area contributed by atoms with E-state index in [1.165, 1.54) is 6.92 Å². The lowest BCUT2D eigenvalue weighted by Crippen LogP contribution is -2.19. The van der Waals surface area contributed by atoms with E-state index in [2.05, 4.69) is 10.3 Å². The lowest BCUT2D eigenvalue weighted by Gasteiger charge is -2.06. The molecule has 2 N–H and O–H groups in total. The number of carbonyl (C=O) groups excluding carboxylic acids is 2. The Balaban J connectivity index is 1.82. The molecule has 0 saturated carbocycles. The van der Waals surface area contributed by atoms with E-state index in [0.29, 0.717) is 32.6 Å². The van der Waals surface area contributed by atoms with Crippen LogP contribution in [0.3, 0.4) is 0 Å². The van der Waals surface area contributed by atoms with Crippen molar-refractivity contribution in [3.8, 4) is 5.75 Å². The number of carboxylic acids is 1. The Morgan fingerprint density at radius 3 is 2.75 bits per heavy atom. The number of hydrogen-bond acceptors (Lipinski definition) is 6. The van der Waals surface area contributed by atoms with E-state index in [1.807, 2.05) is 0 Å². The topological polar surface area (TPSA) is 105 Å². The molecule has 0 aliphatic carbocycles. The van der Waals surface area contributed by atoms with Crippen LogP contribution in [-0.2, 0) is 9.59 Å². The van der Waals surface area contributed by atoms with Crippen LogP contribution in [0, 0.1) is 0 Å². The van der Waals surface area contributed by atoms with Gasteiger partial charge in [-0.05, 0) is 43.0 Å². The van der Waals surface area contributed by atoms with E-state index in [4.69, 9.17) is 9.84 Å². The summed E-state index contributed by atoms with van der Waals surface area (Å²) in [6.45, 7) is 1.00. The van der Waals surface area contributed by atoms with Crippen LogP contribution in [0.1, 0.15) is 22.8 Å². The summed E-state index contributed by atoms with van der Waals surface area (Å²) >= 11 is 1.15. The number of nitrogens with zero attached hydrogens (tertiary/aromatic N) is 1. The van der Waals surface area contributed by atoms with Crippen molar-refractivity contribution in [2.45, 2.75) is 6.92 Å². The van der Waals surface area contributed by atoms with Gasteiger partial charge in [-0.1, -0.05) is 30.3 Å². The van der Waals surface area contributed by atoms with Crippen molar-refractivity contribution in [2.24, 2.45) is 4.99 Å². The largest absolute Gasteiger partial charge is 0.481 e. The fraction of sp³-hybridized carbons (Fsp3) is 0.100. The molecule has 0 atom stereocenters. The fourth-order valence-corrected chi connectivity index (χ4v) is 3.24. The molecule has 1 fully saturated rings. The van der Waals surface area contributed by atoms with Crippen molar-refractivity contribution in [3.63, 3.8) is 0 Å². The van der Waals surface area contributed by atoms with Crippen molar-refractivity contribution in [3.05, 3.63) is 64.6 Å². The third kappa shape index (κ3) is 4.86. The molecule has 8 heteroatoms. The number of hydrogen-bond donors (Lipinski definition) is 2. The highest BCUT2D eigenvalue weighted by atomic mass is 32.2. The number of aliphatic carboxylic acids is 1. The molecule has 0 radical (unpaired) electrons. The quantitative estimate of drug-likeness (QED) is 0.574. The Morgan fingerprint density at radius 1 is 1.21 bits per heavy atom. The average molecular weight is 396 g/mol. The first-order chi connectivity index (χ1) is 13.4. The molecule has 3 rings (SSSR count). The predicted molar refractivity (Wildman–Crippen MR) is 107 cm³/mol. The van der Waals surface area contributed by atoms with Crippen LogP contribution >= 0.6 is 11.8 Å². The number of amides is 1. The average Bonchev–Trinajstić information content (AvgIpc) is 3.00. The predicted octanol–water partition coefficient (Wildman–Crippen LogP) is 3.24. The van der Waals surface area contributed by atoms with Gasteiger partial charge >= 0.3 is 5.97 Å². The maximum absolute atomic E-state index is 12.3. The minimum atomic E-state index is -1.09. The summed E-state index contributed by atoms with van der Waals surface area (Å²) in [4.78, 5) is 39.2. The number of rotatable bonds is 6. The van der Waals surface area contributed by atoms with Gasteiger partial charge in [0.25, 0.3) is 5.91 Å². The number of benzene rings is 2. The van der Waals surface area contributed by atoms with Crippen molar-refractivity contribution in [2.75, 3.05) is 6.61 Å². The molecule has 1 heterocycles. The second-order valence-electron chi connectivity index (χ2n) is 5.81. The molecule has 142 valence electrons. The number of carboxylic acid groups (broad SMARTS) is 1. The van der Waals surface area contributed by atoms with Gasteiger partial charge in [0.05, 0.1) is 10.6 Å². The standard InChI is InChI=1S/C20H16N2O5S/c1-12(23)13-6-4-7-15(9-13)21-20-22-19(26)17(28-20)10-14-5-2-3-8-16(14)27-11-18(24)25/h2-10H,11H2,1H3,(H,24,25)(H,21,22,26)/b17-10+. The minimum absolute atomic E-state index is 0.0660. The summed E-state index contributed by atoms with van der Waals surface area (Å²) in [5.41, 5.74) is 1.68. The van der Waals surface area contributed by atoms with Crippen LogP contribution in [0.25, 0.3) is 6.08 Å². The Labute approximate surface area is 165 Å². The summed E-state index contributed by atoms with van der Waals surface area (Å²) in [6.07, 6.45) is 1.62. The van der Waals surface area contributed by atoms with Crippen molar-refractivity contribution in [1.29, 1.82) is 0 Å². The summed E-state index contributed by atoms with van der Waals surface area (Å²) < 4.78 is 5.25. The Morgan fingerprint density at radius 2 is 2.00 bits per heavy atom. The summed E-state index contributed by atoms with van der Waals surface area (Å²) in [5.74, 6) is -1.11. The van der Waals surface area contributed by atoms with Gasteiger partial charge in [0.1, 0.15) is 5.75 Å². The van der Waals surface area contributed by atoms with Crippen molar-refractivity contribution in [1.82, 2.24) is 5.32 Å². The number of thioether (sulfide) groups is 1. The Bertz CT molecular complexity index is 1010. The van der Waals surface area contributed by atoms with Gasteiger partial charge in [0, 0.05) is 11.1 Å². The second-order valence-corrected chi connectivity index (χ2v) is 6.84. The van der Waals surface area contributed by atoms with Gasteiger partial charge < -0.3 is 15.2 Å². The molecule has 0 spiro atoms. The molecule has 1 aliphatic heterocycles. The maximum atomic E-state index is 12.3. The van der Waals surface area contributed by atoms with E-state index >= 15 is 0 Å². The summed E-state index contributed by atoms with van der Waals surface area (Å²) in [6, 6.07) is 13.7. The van der Waals surface area contributed by atoms with E-state index in [9.17, 15) is 14.4 Å². The number of nitrogens with one attached hydrogen (secondary N) is 1. The number of para-hydroxylation sites is 1. The van der Waals surface area contributed by atoms with Gasteiger partial charge in [-0.15, -0.1) is 0 Å². The van der Waals surface area contributed by atoms with E-state index in [-0.39, 0.29) is 11.7 Å². The molecule has 2 aromatic rings. The molecule has 1 aliphatic rings. The number of amidine groups is 1. The summed E-state index contributed by atoms with van der Waals surface area (Å²) in [7, 11) is 0. The van der Waals surface area contributed by atoms with Gasteiger partial charge in [0.2, 0.25) is 0 Å². The molecule has 0 unspecified atom stereocenters. The zero-order valence-corrected chi connectivity index (χ0v) is 15.7. The van der Waals surface area contributed by atoms with Gasteiger partial charge in [-0.25, -0.2) is 9.79 Å². The molecule has 0 aromatic heterocycles. The van der Waals surface area contributed by atoms with Crippen LogP contribution < -0.4 is 10.1 Å². The van der Waals surface area contributed by atoms with Gasteiger partial charge in [0.15, 0.2) is 17.6 Å². The van der Waals surface area contributed by atoms with E-state index in [0.717, 1.165) is 11.8 Å². The molecular formula is C20H16N2O5S. The van der Waals surface area contributed by atoms with Crippen LogP contribution in [0.4, 0.5) is 5.69 Å². The monoisotopic (exact) mass is 396 g/mol. The van der Waals surface area contributed by atoms with Gasteiger partial charge in [-0.3, -0.25) is 9.59 Å². The molecule has 1 saturated heterocycles. The Hall–Kier alpha value is -3.39. The molecule has 28 heavy (non-hydrogen) atoms. The lowest BCUT2D eigenvalue weighted by atomic mass is 10.1. The first-order valence-corrected chi connectivity index (χ1v) is 9.08. The fourth-order valence-electron chi connectivity index (χ4n) is 2.40. The van der Waals surface area contributed by atoms with E-state index in [1.54, 1.807) is 54.6 Å². The second kappa shape index (κ2) is 8.53. The smallest absolute Gasteiger partial charge is 0.341 e. The Kier molecular flexibility index (Phi) is 5.90. The highest BCUT2D eigenvalue weighted by Gasteiger charge is 2.24. The SMILES string of the molecule is CC(=O)c1cccc(N=C2NC(=O)/C(=C\c3ccccc3OCC(=O)O)S2)c1.